The molecular weight excluding hydrogens is 388 g/mol. The lowest BCUT2D eigenvalue weighted by Crippen LogP contribution is -2.32. The lowest BCUT2D eigenvalue weighted by molar-refractivity contribution is -0.117. The van der Waals surface area contributed by atoms with Crippen LogP contribution in [0.5, 0.6) is 11.5 Å². The van der Waals surface area contributed by atoms with Gasteiger partial charge in [-0.1, -0.05) is 42.8 Å². The van der Waals surface area contributed by atoms with Crippen molar-refractivity contribution in [1.29, 1.82) is 5.26 Å². The monoisotopic (exact) mass is 412 g/mol. The summed E-state index contributed by atoms with van der Waals surface area (Å²) in [6.45, 7) is 6.49. The highest BCUT2D eigenvalue weighted by atomic mass is 35.5. The number of hydrogen-bond acceptors (Lipinski definition) is 4. The molecule has 0 heterocycles. The average molecular weight is 413 g/mol. The topological polar surface area (TPSA) is 71.3 Å². The number of nitrogens with zero attached hydrogens (tertiary/aromatic N) is 1. The third-order valence-electron chi connectivity index (χ3n) is 4.27. The van der Waals surface area contributed by atoms with Gasteiger partial charge in [-0.25, -0.2) is 0 Å². The van der Waals surface area contributed by atoms with E-state index >= 15 is 0 Å². The summed E-state index contributed by atoms with van der Waals surface area (Å²) in [4.78, 5) is 12.2. The van der Waals surface area contributed by atoms with Crippen molar-refractivity contribution in [3.63, 3.8) is 0 Å². The van der Waals surface area contributed by atoms with E-state index in [9.17, 15) is 10.1 Å². The van der Waals surface area contributed by atoms with Crippen LogP contribution in [0, 0.1) is 11.3 Å². The van der Waals surface area contributed by atoms with E-state index in [4.69, 9.17) is 21.1 Å². The predicted octanol–water partition coefficient (Wildman–Crippen LogP) is 5.14. The van der Waals surface area contributed by atoms with Gasteiger partial charge in [0.1, 0.15) is 18.2 Å². The summed E-state index contributed by atoms with van der Waals surface area (Å²) in [6, 6.07) is 14.7. The Balaban J connectivity index is 2.22. The largest absolute Gasteiger partial charge is 0.490 e. The Hall–Kier alpha value is -2.97. The number of ether oxygens (including phenoxy) is 2. The molecule has 0 aliphatic carbocycles. The van der Waals surface area contributed by atoms with Gasteiger partial charge in [0, 0.05) is 16.6 Å². The highest BCUT2D eigenvalue weighted by Gasteiger charge is 2.13. The predicted molar refractivity (Wildman–Crippen MR) is 115 cm³/mol. The Labute approximate surface area is 176 Å². The summed E-state index contributed by atoms with van der Waals surface area (Å²) in [6.07, 6.45) is 2.33. The lowest BCUT2D eigenvalue weighted by atomic mass is 10.1. The first-order chi connectivity index (χ1) is 14.0. The van der Waals surface area contributed by atoms with Crippen molar-refractivity contribution >= 4 is 23.6 Å². The highest BCUT2D eigenvalue weighted by molar-refractivity contribution is 6.31. The van der Waals surface area contributed by atoms with Crippen molar-refractivity contribution in [2.45, 2.75) is 39.8 Å². The number of nitrogens with one attached hydrogen (secondary N) is 1. The number of rotatable bonds is 9. The Morgan fingerprint density at radius 2 is 1.97 bits per heavy atom. The van der Waals surface area contributed by atoms with Crippen molar-refractivity contribution < 1.29 is 14.3 Å². The standard InChI is InChI=1S/C23H25ClN2O3/c1-4-16(3)26-23(27)19(14-25)12-17-10-11-21(22(13-17)28-5-2)29-15-18-8-6-7-9-20(18)24/h6-13,16H,4-5,15H2,1-3H3,(H,26,27)/b19-12+/t16-/m0/s1. The van der Waals surface area contributed by atoms with Crippen LogP contribution in [-0.4, -0.2) is 18.6 Å². The quantitative estimate of drug-likeness (QED) is 0.457. The van der Waals surface area contributed by atoms with Gasteiger partial charge in [0.15, 0.2) is 11.5 Å². The van der Waals surface area contributed by atoms with Crippen molar-refractivity contribution in [1.82, 2.24) is 5.32 Å². The third kappa shape index (κ3) is 6.55. The highest BCUT2D eigenvalue weighted by Crippen LogP contribution is 2.30. The number of carbonyl (C=O) groups is 1. The molecular formula is C23H25ClN2O3. The van der Waals surface area contributed by atoms with Crippen molar-refractivity contribution in [3.8, 4) is 17.6 Å². The molecule has 0 saturated heterocycles. The van der Waals surface area contributed by atoms with E-state index in [1.165, 1.54) is 6.08 Å². The summed E-state index contributed by atoms with van der Waals surface area (Å²) in [5.41, 5.74) is 1.58. The molecule has 1 amide bonds. The van der Waals surface area contributed by atoms with Crippen LogP contribution in [0.4, 0.5) is 0 Å². The SMILES string of the molecule is CCOc1cc(/C=C(\C#N)C(=O)N[C@@H](C)CC)ccc1OCc1ccccc1Cl. The Kier molecular flexibility index (Phi) is 8.57. The minimum atomic E-state index is -0.390. The Morgan fingerprint density at radius 3 is 2.62 bits per heavy atom. The van der Waals surface area contributed by atoms with Gasteiger partial charge in [-0.05, 0) is 50.1 Å². The molecule has 2 aromatic rings. The van der Waals surface area contributed by atoms with E-state index in [0.717, 1.165) is 12.0 Å². The molecule has 0 radical (unpaired) electrons. The second-order valence-corrected chi connectivity index (χ2v) is 6.88. The van der Waals surface area contributed by atoms with Crippen molar-refractivity contribution in [3.05, 3.63) is 64.2 Å². The molecule has 1 N–H and O–H groups in total. The van der Waals surface area contributed by atoms with Gasteiger partial charge in [-0.3, -0.25) is 4.79 Å². The molecule has 0 unspecified atom stereocenters. The Morgan fingerprint density at radius 1 is 1.21 bits per heavy atom. The van der Waals surface area contributed by atoms with Crippen LogP contribution < -0.4 is 14.8 Å². The van der Waals surface area contributed by atoms with Gasteiger partial charge >= 0.3 is 0 Å². The van der Waals surface area contributed by atoms with E-state index in [-0.39, 0.29) is 17.5 Å². The number of hydrogen-bond donors (Lipinski definition) is 1. The van der Waals surface area contributed by atoms with Crippen LogP contribution in [0.2, 0.25) is 5.02 Å². The molecule has 0 saturated carbocycles. The van der Waals surface area contributed by atoms with E-state index < -0.39 is 0 Å². The van der Waals surface area contributed by atoms with E-state index in [1.54, 1.807) is 18.2 Å². The molecule has 0 bridgehead atoms. The van der Waals surface area contributed by atoms with Crippen LogP contribution in [0.3, 0.4) is 0 Å². The Bertz CT molecular complexity index is 919. The second kappa shape index (κ2) is 11.1. The minimum Gasteiger partial charge on any atom is -0.490 e. The maximum Gasteiger partial charge on any atom is 0.262 e. The van der Waals surface area contributed by atoms with Gasteiger partial charge in [0.2, 0.25) is 0 Å². The lowest BCUT2D eigenvalue weighted by Gasteiger charge is -2.14. The van der Waals surface area contributed by atoms with Crippen LogP contribution in [-0.2, 0) is 11.4 Å². The number of halogens is 1. The normalized spacial score (nSPS) is 12.0. The number of carbonyl (C=O) groups excluding carboxylic acids is 1. The van der Waals surface area contributed by atoms with Crippen molar-refractivity contribution in [2.24, 2.45) is 0 Å². The zero-order valence-corrected chi connectivity index (χ0v) is 17.6. The molecule has 1 atom stereocenters. The molecule has 29 heavy (non-hydrogen) atoms. The van der Waals surface area contributed by atoms with E-state index in [2.05, 4.69) is 5.32 Å². The van der Waals surface area contributed by atoms with E-state index in [0.29, 0.717) is 35.3 Å². The van der Waals surface area contributed by atoms with Gasteiger partial charge in [-0.15, -0.1) is 0 Å². The molecule has 0 aliphatic rings. The average Bonchev–Trinajstić information content (AvgIpc) is 2.72. The minimum absolute atomic E-state index is 0.00109. The maximum atomic E-state index is 12.2. The summed E-state index contributed by atoms with van der Waals surface area (Å²) >= 11 is 6.18. The first kappa shape index (κ1) is 22.3. The zero-order chi connectivity index (χ0) is 21.2. The third-order valence-corrected chi connectivity index (χ3v) is 4.64. The molecule has 152 valence electrons. The maximum absolute atomic E-state index is 12.2. The van der Waals surface area contributed by atoms with Crippen LogP contribution in [0.25, 0.3) is 6.08 Å². The van der Waals surface area contributed by atoms with Gasteiger partial charge < -0.3 is 14.8 Å². The second-order valence-electron chi connectivity index (χ2n) is 6.47. The fourth-order valence-electron chi connectivity index (χ4n) is 2.49. The zero-order valence-electron chi connectivity index (χ0n) is 16.9. The molecule has 5 nitrogen and oxygen atoms in total. The fraction of sp³-hybridized carbons (Fsp3) is 0.304. The summed E-state index contributed by atoms with van der Waals surface area (Å²) in [5.74, 6) is 0.707. The molecule has 0 spiro atoms. The van der Waals surface area contributed by atoms with Crippen LogP contribution in [0.1, 0.15) is 38.3 Å². The summed E-state index contributed by atoms with van der Waals surface area (Å²) < 4.78 is 11.6. The number of amides is 1. The molecule has 6 heteroatoms. The molecule has 0 fully saturated rings. The van der Waals surface area contributed by atoms with E-state index in [1.807, 2.05) is 51.1 Å². The van der Waals surface area contributed by atoms with Gasteiger partial charge in [0.05, 0.1) is 6.61 Å². The smallest absolute Gasteiger partial charge is 0.262 e. The number of benzene rings is 2. The van der Waals surface area contributed by atoms with Gasteiger partial charge in [0.25, 0.3) is 5.91 Å². The first-order valence-electron chi connectivity index (χ1n) is 9.54. The first-order valence-corrected chi connectivity index (χ1v) is 9.92. The number of nitriles is 1. The van der Waals surface area contributed by atoms with Gasteiger partial charge in [-0.2, -0.15) is 5.26 Å². The van der Waals surface area contributed by atoms with Crippen molar-refractivity contribution in [2.75, 3.05) is 6.61 Å². The summed E-state index contributed by atoms with van der Waals surface area (Å²) in [5, 5.41) is 12.8. The molecule has 0 aliphatic heterocycles. The van der Waals surface area contributed by atoms with Crippen LogP contribution >= 0.6 is 11.6 Å². The summed E-state index contributed by atoms with van der Waals surface area (Å²) in [7, 11) is 0. The fourth-order valence-corrected chi connectivity index (χ4v) is 2.68. The van der Waals surface area contributed by atoms with Crippen LogP contribution in [0.15, 0.2) is 48.0 Å². The molecule has 2 aromatic carbocycles. The molecule has 2 rings (SSSR count). The molecule has 0 aromatic heterocycles.